The van der Waals surface area contributed by atoms with E-state index in [-0.39, 0.29) is 41.7 Å². The third kappa shape index (κ3) is 6.39. The first-order valence-corrected chi connectivity index (χ1v) is 7.65. The number of nitrogens with zero attached hydrogens (tertiary/aromatic N) is 1. The van der Waals surface area contributed by atoms with Crippen LogP contribution in [0.3, 0.4) is 0 Å². The lowest BCUT2D eigenvalue weighted by Gasteiger charge is -2.38. The number of benzene rings is 1. The first kappa shape index (κ1) is 20.9. The second-order valence-electron chi connectivity index (χ2n) is 5.84. The third-order valence-corrected chi connectivity index (χ3v) is 3.52. The molecular formula is C16H24F2IN3O2. The van der Waals surface area contributed by atoms with E-state index in [1.54, 1.807) is 18.2 Å². The Labute approximate surface area is 158 Å². The number of alkyl halides is 2. The third-order valence-electron chi connectivity index (χ3n) is 3.52. The van der Waals surface area contributed by atoms with Crippen LogP contribution in [0.5, 0.6) is 5.75 Å². The highest BCUT2D eigenvalue weighted by atomic mass is 127. The van der Waals surface area contributed by atoms with Crippen LogP contribution in [0, 0.1) is 5.41 Å². The highest BCUT2D eigenvalue weighted by Crippen LogP contribution is 2.25. The van der Waals surface area contributed by atoms with Gasteiger partial charge in [0, 0.05) is 24.1 Å². The second-order valence-corrected chi connectivity index (χ2v) is 5.84. The van der Waals surface area contributed by atoms with Gasteiger partial charge in [-0.2, -0.15) is 8.78 Å². The zero-order valence-electron chi connectivity index (χ0n) is 13.9. The zero-order valence-corrected chi connectivity index (χ0v) is 16.2. The van der Waals surface area contributed by atoms with E-state index in [2.05, 4.69) is 27.3 Å². The van der Waals surface area contributed by atoms with Gasteiger partial charge in [0.05, 0.1) is 19.8 Å². The van der Waals surface area contributed by atoms with Crippen LogP contribution in [0.25, 0.3) is 0 Å². The number of nitrogens with one attached hydrogen (secondary N) is 2. The predicted octanol–water partition coefficient (Wildman–Crippen LogP) is 3.00. The van der Waals surface area contributed by atoms with E-state index in [0.717, 1.165) is 19.8 Å². The molecule has 0 atom stereocenters. The van der Waals surface area contributed by atoms with Crippen molar-refractivity contribution in [2.24, 2.45) is 10.4 Å². The molecule has 0 saturated carbocycles. The molecule has 24 heavy (non-hydrogen) atoms. The van der Waals surface area contributed by atoms with Gasteiger partial charge >= 0.3 is 6.61 Å². The Bertz CT molecular complexity index is 540. The van der Waals surface area contributed by atoms with Gasteiger partial charge in [0.2, 0.25) is 0 Å². The minimum atomic E-state index is -2.84. The molecule has 1 heterocycles. The summed E-state index contributed by atoms with van der Waals surface area (Å²) in [5.41, 5.74) is 0.732. The summed E-state index contributed by atoms with van der Waals surface area (Å²) >= 11 is 0. The minimum absolute atomic E-state index is 0. The second kappa shape index (κ2) is 9.97. The molecule has 1 fully saturated rings. The fourth-order valence-corrected chi connectivity index (χ4v) is 2.20. The molecule has 1 aliphatic heterocycles. The summed E-state index contributed by atoms with van der Waals surface area (Å²) in [7, 11) is 0. The number of hydrogen-bond acceptors (Lipinski definition) is 3. The topological polar surface area (TPSA) is 54.9 Å². The molecule has 5 nitrogen and oxygen atoms in total. The predicted molar refractivity (Wildman–Crippen MR) is 100 cm³/mol. The van der Waals surface area contributed by atoms with E-state index in [1.165, 1.54) is 6.07 Å². The molecule has 0 radical (unpaired) electrons. The lowest BCUT2D eigenvalue weighted by Crippen LogP contribution is -2.51. The summed E-state index contributed by atoms with van der Waals surface area (Å²) in [6.07, 6.45) is 0. The normalized spacial score (nSPS) is 16.1. The van der Waals surface area contributed by atoms with Gasteiger partial charge in [-0.25, -0.2) is 4.99 Å². The molecule has 0 amide bonds. The smallest absolute Gasteiger partial charge is 0.387 e. The minimum Gasteiger partial charge on any atom is -0.434 e. The van der Waals surface area contributed by atoms with Crippen molar-refractivity contribution < 1.29 is 18.3 Å². The standard InChI is InChI=1S/C16H23F2N3O2.HI/c1-3-19-15(21-9-16(2)10-22-11-16)20-8-12-6-4-5-7-13(12)23-14(17)18;/h4-7,14H,3,8-11H2,1-2H3,(H2,19,20,21);1H. The fourth-order valence-electron chi connectivity index (χ4n) is 2.20. The van der Waals surface area contributed by atoms with Gasteiger partial charge in [-0.15, -0.1) is 24.0 Å². The van der Waals surface area contributed by atoms with Crippen LogP contribution in [-0.2, 0) is 11.3 Å². The number of para-hydroxylation sites is 1. The Morgan fingerprint density at radius 1 is 1.33 bits per heavy atom. The fraction of sp³-hybridized carbons (Fsp3) is 0.562. The molecule has 1 aliphatic rings. The van der Waals surface area contributed by atoms with Crippen molar-refractivity contribution in [2.45, 2.75) is 27.0 Å². The largest absolute Gasteiger partial charge is 0.434 e. The van der Waals surface area contributed by atoms with E-state index >= 15 is 0 Å². The molecule has 1 saturated heterocycles. The summed E-state index contributed by atoms with van der Waals surface area (Å²) in [6.45, 7) is 4.44. The van der Waals surface area contributed by atoms with Crippen molar-refractivity contribution in [3.05, 3.63) is 29.8 Å². The van der Waals surface area contributed by atoms with E-state index in [0.29, 0.717) is 18.1 Å². The van der Waals surface area contributed by atoms with E-state index in [4.69, 9.17) is 4.74 Å². The molecule has 0 unspecified atom stereocenters. The van der Waals surface area contributed by atoms with Gasteiger partial charge < -0.3 is 20.1 Å². The van der Waals surface area contributed by atoms with Crippen LogP contribution < -0.4 is 15.4 Å². The summed E-state index contributed by atoms with van der Waals surface area (Å²) in [5.74, 6) is 0.800. The number of hydrogen-bond donors (Lipinski definition) is 2. The molecular weight excluding hydrogens is 431 g/mol. The maximum atomic E-state index is 12.4. The van der Waals surface area contributed by atoms with E-state index in [1.807, 2.05) is 6.92 Å². The molecule has 0 aliphatic carbocycles. The Morgan fingerprint density at radius 3 is 2.62 bits per heavy atom. The maximum Gasteiger partial charge on any atom is 0.387 e. The van der Waals surface area contributed by atoms with Gasteiger partial charge in [0.25, 0.3) is 0 Å². The Kier molecular flexibility index (Phi) is 8.68. The van der Waals surface area contributed by atoms with Crippen LogP contribution in [0.2, 0.25) is 0 Å². The van der Waals surface area contributed by atoms with Gasteiger partial charge in [-0.3, -0.25) is 0 Å². The highest BCUT2D eigenvalue weighted by Gasteiger charge is 2.33. The lowest BCUT2D eigenvalue weighted by molar-refractivity contribution is -0.0971. The number of guanidine groups is 1. The molecule has 0 spiro atoms. The molecule has 0 aromatic heterocycles. The number of halogens is 3. The van der Waals surface area contributed by atoms with Crippen LogP contribution >= 0.6 is 24.0 Å². The van der Waals surface area contributed by atoms with Crippen molar-refractivity contribution in [3.8, 4) is 5.75 Å². The average molecular weight is 455 g/mol. The molecule has 1 aromatic carbocycles. The van der Waals surface area contributed by atoms with E-state index < -0.39 is 6.61 Å². The molecule has 1 aromatic rings. The molecule has 2 rings (SSSR count). The van der Waals surface area contributed by atoms with E-state index in [9.17, 15) is 8.78 Å². The summed E-state index contributed by atoms with van der Waals surface area (Å²) in [4.78, 5) is 4.44. The first-order valence-electron chi connectivity index (χ1n) is 7.65. The van der Waals surface area contributed by atoms with Crippen molar-refractivity contribution >= 4 is 29.9 Å². The Balaban J connectivity index is 0.00000288. The Morgan fingerprint density at radius 2 is 2.04 bits per heavy atom. The van der Waals surface area contributed by atoms with Crippen LogP contribution in [0.1, 0.15) is 19.4 Å². The maximum absolute atomic E-state index is 12.4. The van der Waals surface area contributed by atoms with Crippen molar-refractivity contribution in [1.29, 1.82) is 0 Å². The quantitative estimate of drug-likeness (QED) is 0.377. The van der Waals surface area contributed by atoms with Gasteiger partial charge in [-0.1, -0.05) is 25.1 Å². The van der Waals surface area contributed by atoms with Gasteiger partial charge in [0.15, 0.2) is 5.96 Å². The monoisotopic (exact) mass is 455 g/mol. The number of aliphatic imine (C=N–C) groups is 1. The van der Waals surface area contributed by atoms with Gasteiger partial charge in [-0.05, 0) is 13.0 Å². The number of rotatable bonds is 7. The average Bonchev–Trinajstić information content (AvgIpc) is 2.49. The summed E-state index contributed by atoms with van der Waals surface area (Å²) in [5, 5.41) is 6.41. The zero-order chi connectivity index (χ0) is 16.7. The lowest BCUT2D eigenvalue weighted by atomic mass is 9.89. The summed E-state index contributed by atoms with van der Waals surface area (Å²) < 4.78 is 34.6. The molecule has 136 valence electrons. The Hall–Kier alpha value is -1.16. The number of ether oxygens (including phenoxy) is 2. The molecule has 0 bridgehead atoms. The van der Waals surface area contributed by atoms with Crippen LogP contribution in [-0.4, -0.2) is 38.9 Å². The van der Waals surface area contributed by atoms with Gasteiger partial charge in [0.1, 0.15) is 5.75 Å². The van der Waals surface area contributed by atoms with Crippen molar-refractivity contribution in [2.75, 3.05) is 26.3 Å². The highest BCUT2D eigenvalue weighted by molar-refractivity contribution is 14.0. The van der Waals surface area contributed by atoms with Crippen LogP contribution in [0.4, 0.5) is 8.78 Å². The van der Waals surface area contributed by atoms with Crippen molar-refractivity contribution in [3.63, 3.8) is 0 Å². The first-order chi connectivity index (χ1) is 11.0. The molecule has 2 N–H and O–H groups in total. The van der Waals surface area contributed by atoms with Crippen LogP contribution in [0.15, 0.2) is 29.3 Å². The molecule has 8 heteroatoms. The van der Waals surface area contributed by atoms with Crippen molar-refractivity contribution in [1.82, 2.24) is 10.6 Å². The SMILES string of the molecule is CCNC(=NCc1ccccc1OC(F)F)NCC1(C)COC1.I. The summed E-state index contributed by atoms with van der Waals surface area (Å²) in [6, 6.07) is 6.68.